The first-order valence-corrected chi connectivity index (χ1v) is 8.19. The zero-order valence-electron chi connectivity index (χ0n) is 15.6. The van der Waals surface area contributed by atoms with Gasteiger partial charge in [-0.1, -0.05) is 30.3 Å². The molecule has 1 aromatic rings. The third-order valence-electron chi connectivity index (χ3n) is 5.07. The molecule has 0 fully saturated rings. The molecule has 0 saturated carbocycles. The molecule has 0 aromatic heterocycles. The largest absolute Gasteiger partial charge is 0.469 e. The fraction of sp³-hybridized carbons (Fsp3) is 0.350. The second-order valence-electron chi connectivity index (χ2n) is 6.18. The van der Waals surface area contributed by atoms with Crippen LogP contribution < -0.4 is 5.32 Å². The van der Waals surface area contributed by atoms with Crippen molar-refractivity contribution in [1.82, 2.24) is 5.32 Å². The van der Waals surface area contributed by atoms with E-state index in [1.165, 1.54) is 14.2 Å². The van der Waals surface area contributed by atoms with Crippen molar-refractivity contribution in [1.29, 1.82) is 21.0 Å². The second kappa shape index (κ2) is 7.41. The predicted octanol–water partition coefficient (Wildman–Crippen LogP) is 1.99. The highest BCUT2D eigenvalue weighted by atomic mass is 16.5. The minimum atomic E-state index is -2.33. The SMILES string of the molecule is COC(=O)CC1=C(C)NC(OC)(c2ccccc2)C(C#N)(C#N)C1(C#N)C#N. The number of ether oxygens (including phenoxy) is 2. The van der Waals surface area contributed by atoms with Gasteiger partial charge in [0.05, 0.1) is 37.8 Å². The average Bonchev–Trinajstić information content (AvgIpc) is 2.75. The van der Waals surface area contributed by atoms with Crippen molar-refractivity contribution in [3.8, 4) is 24.3 Å². The predicted molar refractivity (Wildman–Crippen MR) is 94.9 cm³/mol. The van der Waals surface area contributed by atoms with E-state index in [0.717, 1.165) is 0 Å². The number of allylic oxidation sites excluding steroid dienone is 1. The summed E-state index contributed by atoms with van der Waals surface area (Å²) in [6, 6.07) is 15.7. The fourth-order valence-corrected chi connectivity index (χ4v) is 3.65. The maximum atomic E-state index is 11.9. The number of benzene rings is 1. The molecule has 8 heteroatoms. The second-order valence-corrected chi connectivity index (χ2v) is 6.18. The highest BCUT2D eigenvalue weighted by Crippen LogP contribution is 2.59. The Morgan fingerprint density at radius 1 is 1.04 bits per heavy atom. The van der Waals surface area contributed by atoms with E-state index in [0.29, 0.717) is 5.56 Å². The van der Waals surface area contributed by atoms with Crippen LogP contribution in [0.25, 0.3) is 0 Å². The maximum absolute atomic E-state index is 11.9. The number of hydrogen-bond donors (Lipinski definition) is 1. The highest BCUT2D eigenvalue weighted by Gasteiger charge is 2.72. The van der Waals surface area contributed by atoms with Gasteiger partial charge in [0.15, 0.2) is 5.72 Å². The van der Waals surface area contributed by atoms with Crippen LogP contribution in [0.3, 0.4) is 0 Å². The number of esters is 1. The van der Waals surface area contributed by atoms with Crippen molar-refractivity contribution in [3.05, 3.63) is 47.2 Å². The van der Waals surface area contributed by atoms with E-state index in [4.69, 9.17) is 4.74 Å². The first kappa shape index (κ1) is 20.5. The maximum Gasteiger partial charge on any atom is 0.309 e. The minimum absolute atomic E-state index is 0.00365. The van der Waals surface area contributed by atoms with E-state index in [2.05, 4.69) is 10.1 Å². The first-order chi connectivity index (χ1) is 13.4. The molecule has 0 amide bonds. The Balaban J connectivity index is 3.01. The van der Waals surface area contributed by atoms with Gasteiger partial charge < -0.3 is 14.8 Å². The van der Waals surface area contributed by atoms with Crippen molar-refractivity contribution in [3.63, 3.8) is 0 Å². The lowest BCUT2D eigenvalue weighted by Gasteiger charge is -2.51. The lowest BCUT2D eigenvalue weighted by Crippen LogP contribution is -2.65. The molecule has 0 aliphatic carbocycles. The van der Waals surface area contributed by atoms with E-state index < -0.39 is 28.9 Å². The Kier molecular flexibility index (Phi) is 5.42. The lowest BCUT2D eigenvalue weighted by atomic mass is 9.53. The van der Waals surface area contributed by atoms with Crippen LogP contribution >= 0.6 is 0 Å². The summed E-state index contributed by atoms with van der Waals surface area (Å²) in [5, 5.41) is 43.3. The van der Waals surface area contributed by atoms with Crippen molar-refractivity contribution in [2.24, 2.45) is 10.8 Å². The molecule has 0 radical (unpaired) electrons. The first-order valence-electron chi connectivity index (χ1n) is 8.19. The van der Waals surface area contributed by atoms with Crippen LogP contribution in [0.2, 0.25) is 0 Å². The Morgan fingerprint density at radius 2 is 1.61 bits per heavy atom. The van der Waals surface area contributed by atoms with Gasteiger partial charge in [-0.05, 0) is 12.5 Å². The van der Waals surface area contributed by atoms with Gasteiger partial charge >= 0.3 is 5.97 Å². The number of carbonyl (C=O) groups excluding carboxylic acids is 1. The highest BCUT2D eigenvalue weighted by molar-refractivity contribution is 5.74. The van der Waals surface area contributed by atoms with Crippen LogP contribution in [0.15, 0.2) is 41.6 Å². The normalized spacial score (nSPS) is 21.8. The molecule has 0 spiro atoms. The Morgan fingerprint density at radius 3 is 2.04 bits per heavy atom. The lowest BCUT2D eigenvalue weighted by molar-refractivity contribution is -0.142. The van der Waals surface area contributed by atoms with Gasteiger partial charge in [0, 0.05) is 18.4 Å². The zero-order valence-corrected chi connectivity index (χ0v) is 15.6. The Hall–Kier alpha value is -3.85. The Labute approximate surface area is 162 Å². The molecule has 0 saturated heterocycles. The van der Waals surface area contributed by atoms with E-state index in [1.54, 1.807) is 37.3 Å². The molecule has 1 N–H and O–H groups in total. The molecule has 28 heavy (non-hydrogen) atoms. The van der Waals surface area contributed by atoms with E-state index in [1.807, 2.05) is 24.3 Å². The fourth-order valence-electron chi connectivity index (χ4n) is 3.65. The number of hydrogen-bond acceptors (Lipinski definition) is 8. The van der Waals surface area contributed by atoms with Crippen LogP contribution in [0, 0.1) is 56.2 Å². The van der Waals surface area contributed by atoms with Gasteiger partial charge in [0.2, 0.25) is 10.8 Å². The summed E-state index contributed by atoms with van der Waals surface area (Å²) in [4.78, 5) is 11.9. The molecule has 0 bridgehead atoms. The van der Waals surface area contributed by atoms with Crippen molar-refractivity contribution in [2.75, 3.05) is 14.2 Å². The van der Waals surface area contributed by atoms with E-state index in [-0.39, 0.29) is 11.3 Å². The van der Waals surface area contributed by atoms with E-state index in [9.17, 15) is 25.8 Å². The summed E-state index contributed by atoms with van der Waals surface area (Å²) in [6.45, 7) is 1.55. The van der Waals surface area contributed by atoms with E-state index >= 15 is 0 Å². The van der Waals surface area contributed by atoms with Gasteiger partial charge in [-0.25, -0.2) is 0 Å². The number of nitrogens with one attached hydrogen (secondary N) is 1. The van der Waals surface area contributed by atoms with Gasteiger partial charge in [-0.2, -0.15) is 21.0 Å². The van der Waals surface area contributed by atoms with Crippen molar-refractivity contribution in [2.45, 2.75) is 19.1 Å². The zero-order chi connectivity index (χ0) is 21.0. The summed E-state index contributed by atoms with van der Waals surface area (Å²) in [6.07, 6.45) is -0.434. The monoisotopic (exact) mass is 375 g/mol. The number of rotatable bonds is 4. The molecular formula is C20H17N5O3. The van der Waals surface area contributed by atoms with Crippen LogP contribution in [0.5, 0.6) is 0 Å². The third-order valence-corrected chi connectivity index (χ3v) is 5.07. The molecule has 1 unspecified atom stereocenters. The van der Waals surface area contributed by atoms with Gasteiger partial charge in [0.25, 0.3) is 0 Å². The van der Waals surface area contributed by atoms with Crippen molar-refractivity contribution < 1.29 is 14.3 Å². The molecule has 1 aromatic carbocycles. The summed E-state index contributed by atoms with van der Waals surface area (Å²) >= 11 is 0. The van der Waals surface area contributed by atoms with Gasteiger partial charge in [-0.3, -0.25) is 4.79 Å². The summed E-state index contributed by atoms with van der Waals surface area (Å²) in [5.41, 5.74) is -5.79. The van der Waals surface area contributed by atoms with Crippen LogP contribution in [0.4, 0.5) is 0 Å². The van der Waals surface area contributed by atoms with Crippen LogP contribution in [0.1, 0.15) is 18.9 Å². The van der Waals surface area contributed by atoms with Crippen LogP contribution in [-0.4, -0.2) is 20.2 Å². The Bertz CT molecular complexity index is 960. The summed E-state index contributed by atoms with van der Waals surface area (Å²) in [5.74, 6) is -0.708. The average molecular weight is 375 g/mol. The smallest absolute Gasteiger partial charge is 0.309 e. The number of nitriles is 4. The quantitative estimate of drug-likeness (QED) is 0.787. The molecule has 1 heterocycles. The minimum Gasteiger partial charge on any atom is -0.469 e. The van der Waals surface area contributed by atoms with Crippen LogP contribution in [-0.2, 0) is 20.0 Å². The molecule has 8 nitrogen and oxygen atoms in total. The molecule has 2 rings (SSSR count). The third kappa shape index (κ3) is 2.41. The number of nitrogens with zero attached hydrogens (tertiary/aromatic N) is 4. The van der Waals surface area contributed by atoms with Gasteiger partial charge in [-0.15, -0.1) is 0 Å². The molecular weight excluding hydrogens is 358 g/mol. The number of carbonyl (C=O) groups is 1. The molecule has 1 aliphatic heterocycles. The topological polar surface area (TPSA) is 143 Å². The molecule has 1 atom stereocenters. The van der Waals surface area contributed by atoms with Crippen molar-refractivity contribution >= 4 is 5.97 Å². The van der Waals surface area contributed by atoms with Gasteiger partial charge in [0.1, 0.15) is 0 Å². The summed E-state index contributed by atoms with van der Waals surface area (Å²) < 4.78 is 10.3. The molecule has 140 valence electrons. The number of methoxy groups -OCH3 is 2. The molecule has 1 aliphatic rings. The summed E-state index contributed by atoms with van der Waals surface area (Å²) in [7, 11) is 2.45. The standard InChI is InChI=1S/C20H17N5O3/c1-14-16(9-17(26)27-2)18(10-21,11-22)19(12-23,13-24)20(25-14,28-3)15-7-5-4-6-8-15/h4-8,25H,9H2,1-3H3.